The zero-order chi connectivity index (χ0) is 11.3. The van der Waals surface area contributed by atoms with Gasteiger partial charge in [0.15, 0.2) is 0 Å². The zero-order valence-corrected chi connectivity index (χ0v) is 9.42. The van der Waals surface area contributed by atoms with Crippen molar-refractivity contribution in [3.63, 3.8) is 0 Å². The molecule has 0 heterocycles. The Kier molecular flexibility index (Phi) is 4.26. The Balaban J connectivity index is 2.89. The fraction of sp³-hybridized carbons (Fsp3) is 0.400. The molecule has 0 fully saturated rings. The molecule has 0 amide bonds. The highest BCUT2D eigenvalue weighted by atomic mass is 32.2. The van der Waals surface area contributed by atoms with Crippen LogP contribution in [0, 0.1) is 0 Å². The number of rotatable bonds is 5. The van der Waals surface area contributed by atoms with Gasteiger partial charge in [-0.3, -0.25) is 0 Å². The summed E-state index contributed by atoms with van der Waals surface area (Å²) >= 11 is 0. The summed E-state index contributed by atoms with van der Waals surface area (Å²) in [7, 11) is -3.35. The van der Waals surface area contributed by atoms with Crippen LogP contribution < -0.4 is 4.72 Å². The predicted octanol–water partition coefficient (Wildman–Crippen LogP) is 0.520. The molecule has 0 aromatic heterocycles. The molecule has 15 heavy (non-hydrogen) atoms. The summed E-state index contributed by atoms with van der Waals surface area (Å²) in [4.78, 5) is 0.256. The van der Waals surface area contributed by atoms with Crippen molar-refractivity contribution < 1.29 is 13.5 Å². The fourth-order valence-electron chi connectivity index (χ4n) is 1.24. The number of nitrogens with one attached hydrogen (secondary N) is 1. The van der Waals surface area contributed by atoms with Gasteiger partial charge < -0.3 is 5.11 Å². The quantitative estimate of drug-likeness (QED) is 0.773. The van der Waals surface area contributed by atoms with E-state index in [0.29, 0.717) is 13.0 Å². The predicted molar refractivity (Wildman–Crippen MR) is 58.1 cm³/mol. The van der Waals surface area contributed by atoms with Crippen molar-refractivity contribution in [1.29, 1.82) is 0 Å². The molecule has 5 heteroatoms. The SMILES string of the molecule is CCNS(=O)(=O)c1ccc(CCO)cc1. The number of hydrogen-bond donors (Lipinski definition) is 2. The normalized spacial score (nSPS) is 11.6. The van der Waals surface area contributed by atoms with E-state index < -0.39 is 10.0 Å². The molecule has 1 aromatic rings. The number of sulfonamides is 1. The highest BCUT2D eigenvalue weighted by molar-refractivity contribution is 7.89. The Labute approximate surface area is 90.0 Å². The third kappa shape index (κ3) is 3.30. The van der Waals surface area contributed by atoms with E-state index in [2.05, 4.69) is 4.72 Å². The van der Waals surface area contributed by atoms with Gasteiger partial charge in [-0.05, 0) is 24.1 Å². The smallest absolute Gasteiger partial charge is 0.240 e. The molecule has 0 aliphatic rings. The highest BCUT2D eigenvalue weighted by Crippen LogP contribution is 2.10. The molecule has 4 nitrogen and oxygen atoms in total. The molecule has 0 saturated carbocycles. The van der Waals surface area contributed by atoms with Gasteiger partial charge in [-0.1, -0.05) is 19.1 Å². The van der Waals surface area contributed by atoms with E-state index in [-0.39, 0.29) is 11.5 Å². The van der Waals surface area contributed by atoms with Crippen LogP contribution in [0.5, 0.6) is 0 Å². The molecule has 0 radical (unpaired) electrons. The fourth-order valence-corrected chi connectivity index (χ4v) is 2.28. The van der Waals surface area contributed by atoms with E-state index in [9.17, 15) is 8.42 Å². The third-order valence-corrected chi connectivity index (χ3v) is 3.53. The maximum absolute atomic E-state index is 11.5. The van der Waals surface area contributed by atoms with E-state index in [1.54, 1.807) is 31.2 Å². The Hall–Kier alpha value is -0.910. The average Bonchev–Trinajstić information content (AvgIpc) is 2.19. The van der Waals surface area contributed by atoms with Crippen molar-refractivity contribution in [1.82, 2.24) is 4.72 Å². The van der Waals surface area contributed by atoms with Gasteiger partial charge in [0.05, 0.1) is 4.90 Å². The number of aliphatic hydroxyl groups excluding tert-OH is 1. The van der Waals surface area contributed by atoms with E-state index >= 15 is 0 Å². The molecule has 0 aliphatic heterocycles. The van der Waals surface area contributed by atoms with Crippen LogP contribution in [-0.4, -0.2) is 26.7 Å². The second-order valence-corrected chi connectivity index (χ2v) is 4.89. The lowest BCUT2D eigenvalue weighted by Crippen LogP contribution is -2.23. The van der Waals surface area contributed by atoms with Crippen LogP contribution in [-0.2, 0) is 16.4 Å². The van der Waals surface area contributed by atoms with Gasteiger partial charge in [0.25, 0.3) is 0 Å². The first kappa shape index (κ1) is 12.2. The molecule has 0 saturated heterocycles. The first-order valence-electron chi connectivity index (χ1n) is 4.79. The van der Waals surface area contributed by atoms with Crippen LogP contribution in [0.4, 0.5) is 0 Å². The summed E-state index contributed by atoms with van der Waals surface area (Å²) in [5.74, 6) is 0. The monoisotopic (exact) mass is 229 g/mol. The molecule has 0 unspecified atom stereocenters. The van der Waals surface area contributed by atoms with Gasteiger partial charge in [-0.2, -0.15) is 0 Å². The lowest BCUT2D eigenvalue weighted by atomic mass is 10.2. The van der Waals surface area contributed by atoms with Crippen LogP contribution in [0.1, 0.15) is 12.5 Å². The van der Waals surface area contributed by atoms with Crippen molar-refractivity contribution in [2.24, 2.45) is 0 Å². The van der Waals surface area contributed by atoms with Gasteiger partial charge >= 0.3 is 0 Å². The third-order valence-electron chi connectivity index (χ3n) is 1.97. The van der Waals surface area contributed by atoms with Crippen LogP contribution in [0.3, 0.4) is 0 Å². The van der Waals surface area contributed by atoms with Crippen LogP contribution in [0.25, 0.3) is 0 Å². The second kappa shape index (κ2) is 5.25. The van der Waals surface area contributed by atoms with Crippen molar-refractivity contribution >= 4 is 10.0 Å². The maximum Gasteiger partial charge on any atom is 0.240 e. The Bertz CT molecular complexity index is 397. The Morgan fingerprint density at radius 1 is 1.27 bits per heavy atom. The van der Waals surface area contributed by atoms with Gasteiger partial charge in [0.2, 0.25) is 10.0 Å². The van der Waals surface area contributed by atoms with Crippen molar-refractivity contribution in [2.45, 2.75) is 18.2 Å². The van der Waals surface area contributed by atoms with Crippen molar-refractivity contribution in [3.05, 3.63) is 29.8 Å². The number of benzene rings is 1. The van der Waals surface area contributed by atoms with E-state index in [1.807, 2.05) is 0 Å². The molecule has 0 aliphatic carbocycles. The standard InChI is InChI=1S/C10H15NO3S/c1-2-11-15(13,14)10-5-3-9(4-6-10)7-8-12/h3-6,11-12H,2,7-8H2,1H3. The van der Waals surface area contributed by atoms with Crippen LogP contribution >= 0.6 is 0 Å². The Morgan fingerprint density at radius 2 is 1.87 bits per heavy atom. The summed E-state index contributed by atoms with van der Waals surface area (Å²) in [5.41, 5.74) is 0.924. The molecule has 0 bridgehead atoms. The molecule has 1 rings (SSSR count). The molecule has 1 aromatic carbocycles. The number of hydrogen-bond acceptors (Lipinski definition) is 3. The van der Waals surface area contributed by atoms with Gasteiger partial charge in [0.1, 0.15) is 0 Å². The van der Waals surface area contributed by atoms with Gasteiger partial charge in [-0.25, -0.2) is 13.1 Å². The van der Waals surface area contributed by atoms with Crippen LogP contribution in [0.2, 0.25) is 0 Å². The van der Waals surface area contributed by atoms with Gasteiger partial charge in [-0.15, -0.1) is 0 Å². The van der Waals surface area contributed by atoms with E-state index in [0.717, 1.165) is 5.56 Å². The molecule has 2 N–H and O–H groups in total. The summed E-state index contributed by atoms with van der Waals surface area (Å²) < 4.78 is 25.5. The van der Waals surface area contributed by atoms with E-state index in [1.165, 1.54) is 0 Å². The highest BCUT2D eigenvalue weighted by Gasteiger charge is 2.11. The first-order chi connectivity index (χ1) is 7.10. The lowest BCUT2D eigenvalue weighted by Gasteiger charge is -2.05. The summed E-state index contributed by atoms with van der Waals surface area (Å²) in [6.45, 7) is 2.18. The maximum atomic E-state index is 11.5. The van der Waals surface area contributed by atoms with Crippen molar-refractivity contribution in [2.75, 3.05) is 13.2 Å². The topological polar surface area (TPSA) is 66.4 Å². The van der Waals surface area contributed by atoms with Crippen LogP contribution in [0.15, 0.2) is 29.2 Å². The minimum Gasteiger partial charge on any atom is -0.396 e. The van der Waals surface area contributed by atoms with Gasteiger partial charge in [0, 0.05) is 13.2 Å². The van der Waals surface area contributed by atoms with E-state index in [4.69, 9.17) is 5.11 Å². The molecule has 0 spiro atoms. The summed E-state index contributed by atoms with van der Waals surface area (Å²) in [6, 6.07) is 6.51. The zero-order valence-electron chi connectivity index (χ0n) is 8.60. The molecular weight excluding hydrogens is 214 g/mol. The number of aliphatic hydroxyl groups is 1. The second-order valence-electron chi connectivity index (χ2n) is 3.12. The minimum absolute atomic E-state index is 0.0688. The largest absolute Gasteiger partial charge is 0.396 e. The average molecular weight is 229 g/mol. The lowest BCUT2D eigenvalue weighted by molar-refractivity contribution is 0.299. The molecule has 84 valence electrons. The summed E-state index contributed by atoms with van der Waals surface area (Å²) in [6.07, 6.45) is 0.543. The first-order valence-corrected chi connectivity index (χ1v) is 6.28. The molecular formula is C10H15NO3S. The minimum atomic E-state index is -3.35. The summed E-state index contributed by atoms with van der Waals surface area (Å²) in [5, 5.41) is 8.70. The van der Waals surface area contributed by atoms with Crippen molar-refractivity contribution in [3.8, 4) is 0 Å². The Morgan fingerprint density at radius 3 is 2.33 bits per heavy atom. The molecule has 0 atom stereocenters.